The zero-order chi connectivity index (χ0) is 8.32. The van der Waals surface area contributed by atoms with E-state index in [1.165, 1.54) is 25.7 Å². The molecule has 0 heterocycles. The van der Waals surface area contributed by atoms with Crippen LogP contribution in [0.1, 0.15) is 46.5 Å². The smallest absolute Gasteiger partial charge is 0.00924 e. The van der Waals surface area contributed by atoms with Crippen molar-refractivity contribution in [3.8, 4) is 0 Å². The van der Waals surface area contributed by atoms with Crippen molar-refractivity contribution < 1.29 is 0 Å². The zero-order valence-corrected chi connectivity index (χ0v) is 8.11. The Morgan fingerprint density at radius 3 is 2.36 bits per heavy atom. The minimum atomic E-state index is 0.593. The van der Waals surface area contributed by atoms with E-state index in [0.29, 0.717) is 11.5 Å². The third-order valence-electron chi connectivity index (χ3n) is 3.30. The van der Waals surface area contributed by atoms with Crippen molar-refractivity contribution in [1.82, 2.24) is 5.32 Å². The van der Waals surface area contributed by atoms with E-state index in [-0.39, 0.29) is 0 Å². The second-order valence-corrected chi connectivity index (χ2v) is 4.14. The van der Waals surface area contributed by atoms with Crippen molar-refractivity contribution in [2.24, 2.45) is 5.41 Å². The maximum Gasteiger partial charge on any atom is 0.00924 e. The van der Waals surface area contributed by atoms with Crippen molar-refractivity contribution in [2.75, 3.05) is 6.54 Å². The maximum atomic E-state index is 3.53. The van der Waals surface area contributed by atoms with Gasteiger partial charge in [0, 0.05) is 6.04 Å². The van der Waals surface area contributed by atoms with Gasteiger partial charge in [-0.3, -0.25) is 0 Å². The summed E-state index contributed by atoms with van der Waals surface area (Å²) in [5.41, 5.74) is 0.593. The van der Waals surface area contributed by atoms with Gasteiger partial charge in [0.25, 0.3) is 0 Å². The summed E-state index contributed by atoms with van der Waals surface area (Å²) in [5, 5.41) is 3.53. The molecule has 1 nitrogen and oxygen atoms in total. The molecule has 0 bridgehead atoms. The Bertz CT molecular complexity index is 114. The predicted octanol–water partition coefficient (Wildman–Crippen LogP) is 2.56. The Morgan fingerprint density at radius 2 is 1.91 bits per heavy atom. The van der Waals surface area contributed by atoms with Crippen molar-refractivity contribution >= 4 is 0 Å². The van der Waals surface area contributed by atoms with Gasteiger partial charge in [-0.05, 0) is 31.7 Å². The van der Waals surface area contributed by atoms with Gasteiger partial charge in [-0.25, -0.2) is 0 Å². The average Bonchev–Trinajstić information content (AvgIpc) is 2.38. The molecule has 66 valence electrons. The van der Waals surface area contributed by atoms with Crippen LogP contribution in [0.2, 0.25) is 0 Å². The van der Waals surface area contributed by atoms with Crippen LogP contribution in [0, 0.1) is 5.41 Å². The van der Waals surface area contributed by atoms with Crippen LogP contribution in [0.15, 0.2) is 0 Å². The lowest BCUT2D eigenvalue weighted by Crippen LogP contribution is -2.39. The lowest BCUT2D eigenvalue weighted by atomic mass is 9.81. The van der Waals surface area contributed by atoms with Gasteiger partial charge in [-0.15, -0.1) is 0 Å². The first-order chi connectivity index (χ1) is 5.19. The van der Waals surface area contributed by atoms with E-state index in [2.05, 4.69) is 26.1 Å². The van der Waals surface area contributed by atoms with E-state index in [0.717, 1.165) is 6.54 Å². The second-order valence-electron chi connectivity index (χ2n) is 4.14. The molecule has 0 aromatic carbocycles. The van der Waals surface area contributed by atoms with E-state index in [1.807, 2.05) is 0 Å². The van der Waals surface area contributed by atoms with Crippen LogP contribution in [-0.2, 0) is 0 Å². The third kappa shape index (κ3) is 1.96. The number of hydrogen-bond acceptors (Lipinski definition) is 1. The van der Waals surface area contributed by atoms with Crippen molar-refractivity contribution in [3.63, 3.8) is 0 Å². The van der Waals surface area contributed by atoms with Crippen LogP contribution in [0.3, 0.4) is 0 Å². The Morgan fingerprint density at radius 1 is 1.36 bits per heavy atom. The molecule has 1 aliphatic rings. The lowest BCUT2D eigenvalue weighted by molar-refractivity contribution is 0.239. The summed E-state index contributed by atoms with van der Waals surface area (Å²) in [6.45, 7) is 8.05. The van der Waals surface area contributed by atoms with Crippen LogP contribution < -0.4 is 5.32 Å². The van der Waals surface area contributed by atoms with Crippen LogP contribution in [0.25, 0.3) is 0 Å². The topological polar surface area (TPSA) is 12.0 Å². The van der Waals surface area contributed by atoms with Crippen LogP contribution in [-0.4, -0.2) is 12.6 Å². The van der Waals surface area contributed by atoms with Gasteiger partial charge in [-0.2, -0.15) is 0 Å². The summed E-state index contributed by atoms with van der Waals surface area (Å²) in [4.78, 5) is 0. The predicted molar refractivity (Wildman–Crippen MR) is 49.7 cm³/mol. The molecule has 1 unspecified atom stereocenters. The maximum absolute atomic E-state index is 3.53. The van der Waals surface area contributed by atoms with Crippen LogP contribution in [0.4, 0.5) is 0 Å². The Hall–Kier alpha value is -0.0400. The average molecular weight is 155 g/mol. The molecule has 11 heavy (non-hydrogen) atoms. The highest BCUT2D eigenvalue weighted by Crippen LogP contribution is 2.40. The summed E-state index contributed by atoms with van der Waals surface area (Å²) in [6, 6.07) is 0.704. The standard InChI is InChI=1S/C10H21N/c1-4-11-9(2)10(3)7-5-6-8-10/h9,11H,4-8H2,1-3H3. The van der Waals surface area contributed by atoms with Crippen LogP contribution >= 0.6 is 0 Å². The highest BCUT2D eigenvalue weighted by atomic mass is 14.9. The quantitative estimate of drug-likeness (QED) is 0.660. The molecule has 0 spiro atoms. The minimum absolute atomic E-state index is 0.593. The van der Waals surface area contributed by atoms with Crippen molar-refractivity contribution in [1.29, 1.82) is 0 Å². The summed E-state index contributed by atoms with van der Waals surface area (Å²) in [7, 11) is 0. The molecular weight excluding hydrogens is 134 g/mol. The number of hydrogen-bond donors (Lipinski definition) is 1. The largest absolute Gasteiger partial charge is 0.314 e. The molecule has 0 aliphatic heterocycles. The lowest BCUT2D eigenvalue weighted by Gasteiger charge is -2.31. The summed E-state index contributed by atoms with van der Waals surface area (Å²) < 4.78 is 0. The van der Waals surface area contributed by atoms with Gasteiger partial charge in [0.05, 0.1) is 0 Å². The SMILES string of the molecule is CCNC(C)C1(C)CCCC1. The molecular formula is C10H21N. The zero-order valence-electron chi connectivity index (χ0n) is 8.11. The van der Waals surface area contributed by atoms with E-state index in [9.17, 15) is 0 Å². The molecule has 0 amide bonds. The van der Waals surface area contributed by atoms with Gasteiger partial charge in [0.2, 0.25) is 0 Å². The van der Waals surface area contributed by atoms with Crippen LogP contribution in [0.5, 0.6) is 0 Å². The van der Waals surface area contributed by atoms with E-state index in [4.69, 9.17) is 0 Å². The van der Waals surface area contributed by atoms with Gasteiger partial charge in [-0.1, -0.05) is 26.7 Å². The molecule has 1 N–H and O–H groups in total. The first kappa shape index (κ1) is 9.05. The summed E-state index contributed by atoms with van der Waals surface area (Å²) >= 11 is 0. The fourth-order valence-corrected chi connectivity index (χ4v) is 2.17. The molecule has 1 saturated carbocycles. The highest BCUT2D eigenvalue weighted by molar-refractivity contribution is 4.88. The van der Waals surface area contributed by atoms with Gasteiger partial charge in [0.15, 0.2) is 0 Å². The third-order valence-corrected chi connectivity index (χ3v) is 3.30. The number of rotatable bonds is 3. The first-order valence-corrected chi connectivity index (χ1v) is 4.92. The fraction of sp³-hybridized carbons (Fsp3) is 1.00. The molecule has 1 rings (SSSR count). The Kier molecular flexibility index (Phi) is 2.94. The Labute approximate surface area is 70.6 Å². The molecule has 0 saturated heterocycles. The van der Waals surface area contributed by atoms with E-state index >= 15 is 0 Å². The fourth-order valence-electron chi connectivity index (χ4n) is 2.17. The molecule has 0 radical (unpaired) electrons. The molecule has 0 aromatic heterocycles. The molecule has 1 aliphatic carbocycles. The Balaban J connectivity index is 2.42. The molecule has 0 aromatic rings. The molecule has 1 heteroatoms. The van der Waals surface area contributed by atoms with E-state index in [1.54, 1.807) is 0 Å². The molecule has 1 atom stereocenters. The first-order valence-electron chi connectivity index (χ1n) is 4.92. The highest BCUT2D eigenvalue weighted by Gasteiger charge is 2.33. The number of nitrogens with one attached hydrogen (secondary N) is 1. The van der Waals surface area contributed by atoms with Crippen molar-refractivity contribution in [3.05, 3.63) is 0 Å². The minimum Gasteiger partial charge on any atom is -0.314 e. The normalized spacial score (nSPS) is 25.4. The summed E-state index contributed by atoms with van der Waals surface area (Å²) in [5.74, 6) is 0. The van der Waals surface area contributed by atoms with Gasteiger partial charge in [0.1, 0.15) is 0 Å². The van der Waals surface area contributed by atoms with E-state index < -0.39 is 0 Å². The second kappa shape index (κ2) is 3.57. The monoisotopic (exact) mass is 155 g/mol. The van der Waals surface area contributed by atoms with Gasteiger partial charge >= 0.3 is 0 Å². The summed E-state index contributed by atoms with van der Waals surface area (Å²) in [6.07, 6.45) is 5.71. The molecule has 1 fully saturated rings. The van der Waals surface area contributed by atoms with Gasteiger partial charge < -0.3 is 5.32 Å². The van der Waals surface area contributed by atoms with Crippen molar-refractivity contribution in [2.45, 2.75) is 52.5 Å².